The molecule has 0 fully saturated rings. The van der Waals surface area contributed by atoms with Crippen molar-refractivity contribution in [3.05, 3.63) is 36.4 Å². The molecule has 136 valence electrons. The summed E-state index contributed by atoms with van der Waals surface area (Å²) in [4.78, 5) is 2.16. The summed E-state index contributed by atoms with van der Waals surface area (Å²) < 4.78 is 32.8. The Balaban J connectivity index is 2.12. The molecule has 7 nitrogen and oxygen atoms in total. The molecule has 8 heteroatoms. The van der Waals surface area contributed by atoms with Crippen LogP contribution in [0.15, 0.2) is 41.3 Å². The van der Waals surface area contributed by atoms with Crippen molar-refractivity contribution in [2.75, 3.05) is 22.7 Å². The number of hydrogen-bond acceptors (Lipinski definition) is 6. The van der Waals surface area contributed by atoms with Gasteiger partial charge in [0.05, 0.1) is 11.0 Å². The van der Waals surface area contributed by atoms with Crippen LogP contribution in [-0.2, 0) is 10.0 Å². The van der Waals surface area contributed by atoms with Crippen LogP contribution < -0.4 is 14.4 Å². The van der Waals surface area contributed by atoms with Crippen LogP contribution in [-0.4, -0.2) is 37.8 Å². The van der Waals surface area contributed by atoms with Gasteiger partial charge in [-0.25, -0.2) is 8.42 Å². The third-order valence-corrected chi connectivity index (χ3v) is 4.85. The fraction of sp³-hybridized carbons (Fsp3) is 0.412. The summed E-state index contributed by atoms with van der Waals surface area (Å²) in [6.45, 7) is 9.48. The smallest absolute Gasteiger partial charge is 0.263 e. The lowest BCUT2D eigenvalue weighted by atomic mass is 10.3. The first kappa shape index (κ1) is 19.0. The molecule has 2 rings (SSSR count). The van der Waals surface area contributed by atoms with Gasteiger partial charge in [-0.1, -0.05) is 0 Å². The van der Waals surface area contributed by atoms with Gasteiger partial charge in [-0.2, -0.15) is 0 Å². The maximum Gasteiger partial charge on any atom is 0.263 e. The van der Waals surface area contributed by atoms with E-state index in [0.29, 0.717) is 11.6 Å². The number of hydrogen-bond donors (Lipinski definition) is 1. The maximum atomic E-state index is 12.4. The summed E-state index contributed by atoms with van der Waals surface area (Å²) in [5.74, 6) is 1.51. The number of nitrogens with one attached hydrogen (secondary N) is 1. The van der Waals surface area contributed by atoms with Crippen LogP contribution in [0.1, 0.15) is 27.7 Å². The van der Waals surface area contributed by atoms with Gasteiger partial charge in [-0.15, -0.1) is 10.2 Å². The molecule has 0 radical (unpaired) electrons. The second-order valence-electron chi connectivity index (χ2n) is 5.69. The molecule has 0 amide bonds. The number of ether oxygens (including phenoxy) is 1. The van der Waals surface area contributed by atoms with Gasteiger partial charge in [0, 0.05) is 13.1 Å². The van der Waals surface area contributed by atoms with Crippen LogP contribution in [0.2, 0.25) is 0 Å². The minimum atomic E-state index is -3.72. The zero-order valence-electron chi connectivity index (χ0n) is 14.9. The summed E-state index contributed by atoms with van der Waals surface area (Å²) in [6, 6.07) is 9.61. The number of rotatable bonds is 8. The zero-order valence-corrected chi connectivity index (χ0v) is 15.7. The first-order chi connectivity index (χ1) is 11.9. The Hall–Kier alpha value is -2.35. The molecule has 0 aliphatic rings. The third kappa shape index (κ3) is 5.06. The van der Waals surface area contributed by atoms with Crippen molar-refractivity contribution in [3.8, 4) is 5.75 Å². The molecule has 1 aromatic heterocycles. The molecule has 0 saturated carbocycles. The quantitative estimate of drug-likeness (QED) is 0.775. The summed E-state index contributed by atoms with van der Waals surface area (Å²) in [5, 5.41) is 8.03. The predicted octanol–water partition coefficient (Wildman–Crippen LogP) is 2.91. The van der Waals surface area contributed by atoms with E-state index in [0.717, 1.165) is 13.1 Å². The van der Waals surface area contributed by atoms with Gasteiger partial charge in [0.2, 0.25) is 0 Å². The van der Waals surface area contributed by atoms with E-state index in [4.69, 9.17) is 4.74 Å². The van der Waals surface area contributed by atoms with Crippen LogP contribution >= 0.6 is 0 Å². The van der Waals surface area contributed by atoms with E-state index in [1.54, 1.807) is 24.3 Å². The summed E-state index contributed by atoms with van der Waals surface area (Å²) in [7, 11) is -3.72. The molecule has 1 aromatic carbocycles. The summed E-state index contributed by atoms with van der Waals surface area (Å²) in [5.41, 5.74) is 0. The highest BCUT2D eigenvalue weighted by molar-refractivity contribution is 7.92. The number of nitrogens with zero attached hydrogens (tertiary/aromatic N) is 3. The minimum absolute atomic E-state index is 0.0279. The molecule has 0 aliphatic heterocycles. The third-order valence-electron chi connectivity index (χ3n) is 3.48. The molecule has 2 aromatic rings. The van der Waals surface area contributed by atoms with Gasteiger partial charge in [0.1, 0.15) is 5.75 Å². The topological polar surface area (TPSA) is 84.4 Å². The molecule has 0 aliphatic carbocycles. The van der Waals surface area contributed by atoms with E-state index >= 15 is 0 Å². The van der Waals surface area contributed by atoms with Gasteiger partial charge in [-0.05, 0) is 64.1 Å². The van der Waals surface area contributed by atoms with Gasteiger partial charge in [-0.3, -0.25) is 4.72 Å². The number of sulfonamides is 1. The Labute approximate surface area is 149 Å². The number of anilines is 2. The maximum absolute atomic E-state index is 12.4. The Morgan fingerprint density at radius 1 is 1.04 bits per heavy atom. The van der Waals surface area contributed by atoms with Crippen LogP contribution in [0.5, 0.6) is 5.75 Å². The Kier molecular flexibility index (Phi) is 6.19. The molecule has 1 N–H and O–H groups in total. The van der Waals surface area contributed by atoms with E-state index in [1.807, 2.05) is 32.6 Å². The molecule has 0 spiro atoms. The zero-order chi connectivity index (χ0) is 18.4. The molecule has 0 unspecified atom stereocenters. The first-order valence-electron chi connectivity index (χ1n) is 8.24. The van der Waals surface area contributed by atoms with Crippen molar-refractivity contribution in [2.45, 2.75) is 38.7 Å². The normalized spacial score (nSPS) is 11.4. The van der Waals surface area contributed by atoms with Gasteiger partial charge in [0.25, 0.3) is 10.0 Å². The largest absolute Gasteiger partial charge is 0.491 e. The fourth-order valence-electron chi connectivity index (χ4n) is 2.26. The second-order valence-corrected chi connectivity index (χ2v) is 7.37. The standard InChI is InChI=1S/C17H24N4O3S/c1-5-21(6-2)17-12-11-16(18-19-17)20-25(22,23)15-9-7-14(8-10-15)24-13(3)4/h7-13H,5-6H2,1-4H3,(H,18,20). The predicted molar refractivity (Wildman–Crippen MR) is 98.6 cm³/mol. The van der Waals surface area contributed by atoms with E-state index < -0.39 is 10.0 Å². The van der Waals surface area contributed by atoms with Crippen LogP contribution in [0.25, 0.3) is 0 Å². The average molecular weight is 364 g/mol. The van der Waals surface area contributed by atoms with Crippen LogP contribution in [0, 0.1) is 0 Å². The first-order valence-corrected chi connectivity index (χ1v) is 9.72. The molecular weight excluding hydrogens is 340 g/mol. The Bertz CT molecular complexity index is 771. The lowest BCUT2D eigenvalue weighted by Gasteiger charge is -2.18. The highest BCUT2D eigenvalue weighted by Crippen LogP contribution is 2.19. The van der Waals surface area contributed by atoms with Crippen LogP contribution in [0.4, 0.5) is 11.6 Å². The van der Waals surface area contributed by atoms with Crippen LogP contribution in [0.3, 0.4) is 0 Å². The lowest BCUT2D eigenvalue weighted by molar-refractivity contribution is 0.242. The van der Waals surface area contributed by atoms with E-state index in [9.17, 15) is 8.42 Å². The highest BCUT2D eigenvalue weighted by atomic mass is 32.2. The van der Waals surface area contributed by atoms with E-state index in [-0.39, 0.29) is 16.8 Å². The van der Waals surface area contributed by atoms with Crippen molar-refractivity contribution in [3.63, 3.8) is 0 Å². The molecule has 0 atom stereocenters. The minimum Gasteiger partial charge on any atom is -0.491 e. The van der Waals surface area contributed by atoms with Crippen molar-refractivity contribution >= 4 is 21.7 Å². The summed E-state index contributed by atoms with van der Waals surface area (Å²) in [6.07, 6.45) is 0.0279. The van der Waals surface area contributed by atoms with Gasteiger partial charge >= 0.3 is 0 Å². The summed E-state index contributed by atoms with van der Waals surface area (Å²) >= 11 is 0. The molecule has 0 saturated heterocycles. The molecule has 1 heterocycles. The van der Waals surface area contributed by atoms with E-state index in [1.165, 1.54) is 12.1 Å². The van der Waals surface area contributed by atoms with E-state index in [2.05, 4.69) is 14.9 Å². The molecule has 0 bridgehead atoms. The van der Waals surface area contributed by atoms with Gasteiger partial charge < -0.3 is 9.64 Å². The molecular formula is C17H24N4O3S. The SMILES string of the molecule is CCN(CC)c1ccc(NS(=O)(=O)c2ccc(OC(C)C)cc2)nn1. The van der Waals surface area contributed by atoms with Crippen molar-refractivity contribution < 1.29 is 13.2 Å². The van der Waals surface area contributed by atoms with Crippen molar-refractivity contribution in [1.82, 2.24) is 10.2 Å². The van der Waals surface area contributed by atoms with Crippen molar-refractivity contribution in [1.29, 1.82) is 0 Å². The lowest BCUT2D eigenvalue weighted by Crippen LogP contribution is -2.23. The van der Waals surface area contributed by atoms with Crippen molar-refractivity contribution in [2.24, 2.45) is 0 Å². The fourth-order valence-corrected chi connectivity index (χ4v) is 3.26. The average Bonchev–Trinajstić information content (AvgIpc) is 2.57. The number of aromatic nitrogens is 2. The Morgan fingerprint density at radius 2 is 1.68 bits per heavy atom. The Morgan fingerprint density at radius 3 is 2.16 bits per heavy atom. The number of benzene rings is 1. The highest BCUT2D eigenvalue weighted by Gasteiger charge is 2.16. The van der Waals surface area contributed by atoms with Gasteiger partial charge in [0.15, 0.2) is 11.6 Å². The second kappa shape index (κ2) is 8.15. The molecule has 25 heavy (non-hydrogen) atoms. The monoisotopic (exact) mass is 364 g/mol.